The van der Waals surface area contributed by atoms with Crippen molar-refractivity contribution in [2.75, 3.05) is 18.4 Å². The van der Waals surface area contributed by atoms with Crippen molar-refractivity contribution >= 4 is 59.6 Å². The van der Waals surface area contributed by atoms with Crippen LogP contribution in [-0.2, 0) is 26.1 Å². The van der Waals surface area contributed by atoms with E-state index in [1.807, 2.05) is 5.38 Å². The maximum atomic E-state index is 13.3. The number of hydrogen-bond acceptors (Lipinski definition) is 12. The number of nitrogens with zero attached hydrogens (tertiary/aromatic N) is 4. The van der Waals surface area contributed by atoms with E-state index in [4.69, 9.17) is 9.57 Å². The molecule has 38 heavy (non-hydrogen) atoms. The van der Waals surface area contributed by atoms with Crippen LogP contribution in [0.5, 0.6) is 5.88 Å². The molecule has 0 bridgehead atoms. The number of carbonyl (C=O) groups is 1. The van der Waals surface area contributed by atoms with Crippen molar-refractivity contribution in [1.29, 1.82) is 0 Å². The molecule has 0 spiro atoms. The summed E-state index contributed by atoms with van der Waals surface area (Å²) >= 11 is 2.61. The minimum atomic E-state index is -3.36. The van der Waals surface area contributed by atoms with Crippen molar-refractivity contribution in [1.82, 2.24) is 20.3 Å². The number of hydrogen-bond donors (Lipinski definition) is 2. The Balaban J connectivity index is 1.23. The molecule has 1 aromatic carbocycles. The van der Waals surface area contributed by atoms with Crippen molar-refractivity contribution < 1.29 is 22.8 Å². The zero-order chi connectivity index (χ0) is 26.1. The molecule has 11 nitrogen and oxygen atoms in total. The summed E-state index contributed by atoms with van der Waals surface area (Å²) in [4.78, 5) is 32.7. The van der Waals surface area contributed by atoms with Gasteiger partial charge in [0.2, 0.25) is 5.88 Å². The monoisotopic (exact) mass is 570 g/mol. The first kappa shape index (κ1) is 24.9. The van der Waals surface area contributed by atoms with E-state index in [2.05, 4.69) is 30.7 Å². The highest BCUT2D eigenvalue weighted by Gasteiger charge is 2.36. The van der Waals surface area contributed by atoms with Gasteiger partial charge in [-0.2, -0.15) is 0 Å². The third-order valence-electron chi connectivity index (χ3n) is 5.94. The van der Waals surface area contributed by atoms with Crippen molar-refractivity contribution in [2.24, 2.45) is 5.16 Å². The Morgan fingerprint density at radius 3 is 2.63 bits per heavy atom. The predicted molar refractivity (Wildman–Crippen MR) is 143 cm³/mol. The number of pyridine rings is 1. The molecule has 0 unspecified atom stereocenters. The molecule has 3 aromatic heterocycles. The number of fused-ring (bicyclic) bond motifs is 1. The first-order valence-corrected chi connectivity index (χ1v) is 15.1. The fourth-order valence-corrected chi connectivity index (χ4v) is 6.67. The van der Waals surface area contributed by atoms with Crippen LogP contribution in [0.4, 0.5) is 5.13 Å². The third kappa shape index (κ3) is 5.38. The Labute approximate surface area is 225 Å². The second-order valence-electron chi connectivity index (χ2n) is 8.75. The maximum Gasteiger partial charge on any atom is 0.280 e. The number of carbonyl (C=O) groups excluding carboxylic acids is 1. The molecule has 4 aromatic rings. The van der Waals surface area contributed by atoms with Gasteiger partial charge in [-0.15, -0.1) is 11.3 Å². The van der Waals surface area contributed by atoms with Crippen LogP contribution in [0.3, 0.4) is 0 Å². The molecule has 2 N–H and O–H groups in total. The number of ether oxygens (including phenoxy) is 1. The Hall–Kier alpha value is -3.46. The average Bonchev–Trinajstić information content (AvgIpc) is 3.49. The molecular weight excluding hydrogens is 549 g/mol. The minimum Gasteiger partial charge on any atom is -0.472 e. The zero-order valence-corrected chi connectivity index (χ0v) is 22.3. The van der Waals surface area contributed by atoms with Crippen molar-refractivity contribution in [2.45, 2.75) is 35.7 Å². The topological polar surface area (TPSA) is 145 Å². The largest absolute Gasteiger partial charge is 0.472 e. The lowest BCUT2D eigenvalue weighted by atomic mass is 10.1. The van der Waals surface area contributed by atoms with Crippen molar-refractivity contribution in [3.63, 3.8) is 0 Å². The first-order chi connectivity index (χ1) is 18.5. The van der Waals surface area contributed by atoms with Gasteiger partial charge in [0.1, 0.15) is 21.5 Å². The molecule has 14 heteroatoms. The van der Waals surface area contributed by atoms with Gasteiger partial charge in [-0.3, -0.25) is 10.1 Å². The standard InChI is InChI=1S/C24H22N6O5S3/c31-22(29-24-27-18-7-8-19(28-23(18)37-24)35-15-11-25-12-15)21(30-34-13-20-26-9-10-36-20)14-1-3-16(4-2-14)38(32,33)17-5-6-17/h1-4,7-10,15,17,25H,5-6,11-13H2,(H,27,29,31)/b30-21+. The Morgan fingerprint density at radius 1 is 1.13 bits per heavy atom. The summed E-state index contributed by atoms with van der Waals surface area (Å²) in [6.45, 7) is 1.65. The van der Waals surface area contributed by atoms with Gasteiger partial charge < -0.3 is 14.9 Å². The number of amides is 1. The smallest absolute Gasteiger partial charge is 0.280 e. The highest BCUT2D eigenvalue weighted by atomic mass is 32.2. The van der Waals surface area contributed by atoms with Gasteiger partial charge in [0.15, 0.2) is 27.3 Å². The minimum absolute atomic E-state index is 0.0225. The van der Waals surface area contributed by atoms with E-state index in [0.29, 0.717) is 44.8 Å². The molecule has 2 fully saturated rings. The van der Waals surface area contributed by atoms with Crippen LogP contribution in [0.1, 0.15) is 23.4 Å². The molecule has 1 amide bonds. The van der Waals surface area contributed by atoms with Crippen LogP contribution >= 0.6 is 22.7 Å². The lowest BCUT2D eigenvalue weighted by Gasteiger charge is -2.27. The number of rotatable bonds is 10. The molecule has 1 saturated heterocycles. The molecule has 196 valence electrons. The molecule has 0 radical (unpaired) electrons. The first-order valence-electron chi connectivity index (χ1n) is 11.8. The van der Waals surface area contributed by atoms with Gasteiger partial charge in [0.25, 0.3) is 5.91 Å². The molecular formula is C24H22N6O5S3. The van der Waals surface area contributed by atoms with Crippen LogP contribution in [0.2, 0.25) is 0 Å². The fraction of sp³-hybridized carbons (Fsp3) is 0.292. The summed E-state index contributed by atoms with van der Waals surface area (Å²) < 4.78 is 31.0. The van der Waals surface area contributed by atoms with E-state index in [9.17, 15) is 13.2 Å². The van der Waals surface area contributed by atoms with Crippen LogP contribution in [0.25, 0.3) is 10.3 Å². The van der Waals surface area contributed by atoms with E-state index in [1.165, 1.54) is 34.8 Å². The Kier molecular flexibility index (Phi) is 6.78. The van der Waals surface area contributed by atoms with Crippen molar-refractivity contribution in [3.8, 4) is 5.88 Å². The second kappa shape index (κ2) is 10.4. The number of benzene rings is 1. The highest BCUT2D eigenvalue weighted by molar-refractivity contribution is 7.92. The average molecular weight is 571 g/mol. The molecule has 1 saturated carbocycles. The Bertz CT molecular complexity index is 1590. The highest BCUT2D eigenvalue weighted by Crippen LogP contribution is 2.33. The molecule has 4 heterocycles. The molecule has 1 aliphatic heterocycles. The van der Waals surface area contributed by atoms with Gasteiger partial charge >= 0.3 is 0 Å². The summed E-state index contributed by atoms with van der Waals surface area (Å²) in [6, 6.07) is 9.64. The van der Waals surface area contributed by atoms with Crippen LogP contribution < -0.4 is 15.4 Å². The van der Waals surface area contributed by atoms with Gasteiger partial charge in [-0.1, -0.05) is 28.6 Å². The number of thiazole rings is 2. The maximum absolute atomic E-state index is 13.3. The van der Waals surface area contributed by atoms with Gasteiger partial charge in [-0.25, -0.2) is 23.4 Å². The summed E-state index contributed by atoms with van der Waals surface area (Å²) in [7, 11) is -3.36. The predicted octanol–water partition coefficient (Wildman–Crippen LogP) is 2.99. The molecule has 2 aliphatic rings. The van der Waals surface area contributed by atoms with Crippen LogP contribution in [-0.4, -0.2) is 59.4 Å². The lowest BCUT2D eigenvalue weighted by molar-refractivity contribution is -0.110. The van der Waals surface area contributed by atoms with Gasteiger partial charge in [0, 0.05) is 36.3 Å². The van der Waals surface area contributed by atoms with E-state index in [1.54, 1.807) is 30.5 Å². The summed E-state index contributed by atoms with van der Waals surface area (Å²) in [5, 5.41) is 12.5. The number of aromatic nitrogens is 3. The number of anilines is 1. The van der Waals surface area contributed by atoms with Crippen LogP contribution in [0.15, 0.2) is 58.0 Å². The molecule has 0 atom stereocenters. The quantitative estimate of drug-likeness (QED) is 0.217. The van der Waals surface area contributed by atoms with Crippen molar-refractivity contribution in [3.05, 3.63) is 58.5 Å². The Morgan fingerprint density at radius 2 is 1.95 bits per heavy atom. The van der Waals surface area contributed by atoms with Crippen LogP contribution in [0, 0.1) is 0 Å². The van der Waals surface area contributed by atoms with E-state index >= 15 is 0 Å². The molecule has 1 aliphatic carbocycles. The van der Waals surface area contributed by atoms with Gasteiger partial charge in [-0.05, 0) is 31.0 Å². The third-order valence-corrected chi connectivity index (χ3v) is 9.86. The normalized spacial score (nSPS) is 16.3. The van der Waals surface area contributed by atoms with E-state index < -0.39 is 15.7 Å². The number of sulfone groups is 1. The summed E-state index contributed by atoms with van der Waals surface area (Å²) in [5.74, 6) is -0.0531. The summed E-state index contributed by atoms with van der Waals surface area (Å²) in [6.07, 6.45) is 3.10. The fourth-order valence-electron chi connectivity index (χ4n) is 3.67. The van der Waals surface area contributed by atoms with Gasteiger partial charge in [0.05, 0.1) is 10.1 Å². The lowest BCUT2D eigenvalue weighted by Crippen LogP contribution is -2.50. The number of oxime groups is 1. The number of nitrogens with one attached hydrogen (secondary N) is 2. The van der Waals surface area contributed by atoms with E-state index in [0.717, 1.165) is 13.1 Å². The zero-order valence-electron chi connectivity index (χ0n) is 19.9. The van der Waals surface area contributed by atoms with E-state index in [-0.39, 0.29) is 28.6 Å². The molecule has 6 rings (SSSR count). The SMILES string of the molecule is O=C(Nc1nc2ccc(OC3CNC3)nc2s1)/C(=N/OCc1nccs1)c1ccc(S(=O)(=O)C2CC2)cc1. The summed E-state index contributed by atoms with van der Waals surface area (Å²) in [5.41, 5.74) is 1.00. The second-order valence-corrected chi connectivity index (χ2v) is 12.9.